The van der Waals surface area contributed by atoms with Gasteiger partial charge in [-0.1, -0.05) is 30.3 Å². The summed E-state index contributed by atoms with van der Waals surface area (Å²) in [5.41, 5.74) is 0.945. The van der Waals surface area contributed by atoms with Crippen molar-refractivity contribution in [1.29, 1.82) is 0 Å². The molecule has 0 aliphatic carbocycles. The van der Waals surface area contributed by atoms with E-state index >= 15 is 0 Å². The molecule has 0 atom stereocenters. The minimum atomic E-state index is -0.501. The van der Waals surface area contributed by atoms with Crippen LogP contribution in [0.25, 0.3) is 5.69 Å². The molecule has 0 unspecified atom stereocenters. The Bertz CT molecular complexity index is 979. The van der Waals surface area contributed by atoms with Crippen LogP contribution in [0.1, 0.15) is 5.69 Å². The van der Waals surface area contributed by atoms with E-state index in [1.54, 1.807) is 23.9 Å². The molecule has 0 fully saturated rings. The maximum Gasteiger partial charge on any atom is 0.310 e. The lowest BCUT2D eigenvalue weighted by Crippen LogP contribution is -2.19. The molecule has 0 radical (unpaired) electrons. The molecule has 0 saturated heterocycles. The summed E-state index contributed by atoms with van der Waals surface area (Å²) in [6.45, 7) is 0.0109. The van der Waals surface area contributed by atoms with Crippen molar-refractivity contribution < 1.29 is 9.66 Å². The number of hydrogen-bond donors (Lipinski definition) is 0. The summed E-state index contributed by atoms with van der Waals surface area (Å²) in [6, 6.07) is 15.3. The van der Waals surface area contributed by atoms with E-state index in [1.807, 2.05) is 30.3 Å². The third kappa shape index (κ3) is 3.20. The molecule has 128 valence electrons. The number of hydrogen-bond acceptors (Lipinski definition) is 4. The number of ether oxygens (including phenoxy) is 1. The summed E-state index contributed by atoms with van der Waals surface area (Å²) in [5, 5.41) is 11.1. The van der Waals surface area contributed by atoms with Crippen molar-refractivity contribution in [1.82, 2.24) is 9.36 Å². The first-order valence-corrected chi connectivity index (χ1v) is 8.18. The lowest BCUT2D eigenvalue weighted by atomic mass is 10.3. The van der Waals surface area contributed by atoms with Crippen LogP contribution < -0.4 is 10.3 Å². The smallest absolute Gasteiger partial charge is 0.310 e. The van der Waals surface area contributed by atoms with Crippen LogP contribution in [0.4, 0.5) is 5.69 Å². The monoisotopic (exact) mass is 403 g/mol. The number of nitro groups is 1. The molecule has 25 heavy (non-hydrogen) atoms. The normalized spacial score (nSPS) is 10.6. The largest absolute Gasteiger partial charge is 0.480 e. The molecule has 3 aromatic rings. The van der Waals surface area contributed by atoms with Crippen LogP contribution in [0.3, 0.4) is 0 Å². The van der Waals surface area contributed by atoms with Gasteiger partial charge in [-0.05, 0) is 34.1 Å². The number of halogens is 1. The maximum absolute atomic E-state index is 12.5. The van der Waals surface area contributed by atoms with E-state index in [2.05, 4.69) is 15.9 Å². The predicted molar refractivity (Wildman–Crippen MR) is 96.1 cm³/mol. The van der Waals surface area contributed by atoms with Crippen molar-refractivity contribution in [3.8, 4) is 11.4 Å². The second kappa shape index (κ2) is 6.94. The number of aromatic nitrogens is 2. The second-order valence-electron chi connectivity index (χ2n) is 5.25. The van der Waals surface area contributed by atoms with E-state index in [9.17, 15) is 14.9 Å². The average molecular weight is 404 g/mol. The minimum absolute atomic E-state index is 0.0109. The van der Waals surface area contributed by atoms with E-state index in [0.29, 0.717) is 15.9 Å². The lowest BCUT2D eigenvalue weighted by Gasteiger charge is -2.11. The van der Waals surface area contributed by atoms with Crippen LogP contribution in [-0.2, 0) is 13.7 Å². The standard InChI is InChI=1S/C17H14BrN3O4/c1-19-14(11-25-15-10-6-5-9-13(15)21(23)24)16(18)17(22)20(19)12-7-3-2-4-8-12/h2-10H,11H2,1H3. The van der Waals surface area contributed by atoms with Gasteiger partial charge in [0.1, 0.15) is 11.1 Å². The first-order chi connectivity index (χ1) is 12.0. The molecule has 0 aliphatic heterocycles. The predicted octanol–water partition coefficient (Wildman–Crippen LogP) is 3.43. The van der Waals surface area contributed by atoms with E-state index in [4.69, 9.17) is 4.74 Å². The van der Waals surface area contributed by atoms with Gasteiger partial charge < -0.3 is 4.74 Å². The number of rotatable bonds is 5. The summed E-state index contributed by atoms with van der Waals surface area (Å²) in [5.74, 6) is 0.152. The third-order valence-electron chi connectivity index (χ3n) is 3.75. The van der Waals surface area contributed by atoms with Gasteiger partial charge in [0.05, 0.1) is 16.3 Å². The fourth-order valence-electron chi connectivity index (χ4n) is 2.51. The molecule has 7 nitrogen and oxygen atoms in total. The number of nitro benzene ring substituents is 1. The average Bonchev–Trinajstić information content (AvgIpc) is 2.83. The van der Waals surface area contributed by atoms with E-state index in [0.717, 1.165) is 0 Å². The van der Waals surface area contributed by atoms with E-state index < -0.39 is 4.92 Å². The summed E-state index contributed by atoms with van der Waals surface area (Å²) >= 11 is 3.30. The second-order valence-corrected chi connectivity index (χ2v) is 6.04. The zero-order valence-electron chi connectivity index (χ0n) is 13.3. The highest BCUT2D eigenvalue weighted by molar-refractivity contribution is 9.10. The Morgan fingerprint density at radius 3 is 2.44 bits per heavy atom. The van der Waals surface area contributed by atoms with Gasteiger partial charge in [0.2, 0.25) is 0 Å². The van der Waals surface area contributed by atoms with Crippen molar-refractivity contribution in [3.05, 3.63) is 85.2 Å². The van der Waals surface area contributed by atoms with Crippen molar-refractivity contribution >= 4 is 21.6 Å². The molecule has 1 aromatic heterocycles. The summed E-state index contributed by atoms with van der Waals surface area (Å²) < 4.78 is 9.13. The molecule has 3 rings (SSSR count). The Morgan fingerprint density at radius 1 is 1.12 bits per heavy atom. The molecule has 2 aromatic carbocycles. The van der Waals surface area contributed by atoms with Gasteiger partial charge in [-0.3, -0.25) is 19.6 Å². The molecule has 1 heterocycles. The van der Waals surface area contributed by atoms with Gasteiger partial charge in [-0.15, -0.1) is 0 Å². The zero-order chi connectivity index (χ0) is 18.0. The topological polar surface area (TPSA) is 79.3 Å². The van der Waals surface area contributed by atoms with Gasteiger partial charge in [-0.25, -0.2) is 4.68 Å². The van der Waals surface area contributed by atoms with Crippen LogP contribution in [-0.4, -0.2) is 14.3 Å². The Labute approximate surface area is 151 Å². The van der Waals surface area contributed by atoms with Gasteiger partial charge in [-0.2, -0.15) is 0 Å². The van der Waals surface area contributed by atoms with E-state index in [1.165, 1.54) is 16.8 Å². The van der Waals surface area contributed by atoms with Crippen molar-refractivity contribution in [3.63, 3.8) is 0 Å². The van der Waals surface area contributed by atoms with Crippen molar-refractivity contribution in [2.75, 3.05) is 0 Å². The Kier molecular flexibility index (Phi) is 4.71. The third-order valence-corrected chi connectivity index (χ3v) is 4.55. The number of benzene rings is 2. The highest BCUT2D eigenvalue weighted by Crippen LogP contribution is 2.27. The molecule has 0 saturated carbocycles. The quantitative estimate of drug-likeness (QED) is 0.482. The molecule has 0 spiro atoms. The highest BCUT2D eigenvalue weighted by Gasteiger charge is 2.19. The van der Waals surface area contributed by atoms with Crippen LogP contribution in [0.2, 0.25) is 0 Å². The molecular formula is C17H14BrN3O4. The van der Waals surface area contributed by atoms with Crippen molar-refractivity contribution in [2.24, 2.45) is 7.05 Å². The Morgan fingerprint density at radius 2 is 1.76 bits per heavy atom. The van der Waals surface area contributed by atoms with Crippen LogP contribution in [0.5, 0.6) is 5.75 Å². The first kappa shape index (κ1) is 17.0. The van der Waals surface area contributed by atoms with Gasteiger partial charge in [0.15, 0.2) is 5.75 Å². The molecule has 0 bridgehead atoms. The fourth-order valence-corrected chi connectivity index (χ4v) is 3.05. The van der Waals surface area contributed by atoms with Crippen LogP contribution in [0, 0.1) is 10.1 Å². The highest BCUT2D eigenvalue weighted by atomic mass is 79.9. The number of nitrogens with zero attached hydrogens (tertiary/aromatic N) is 3. The summed E-state index contributed by atoms with van der Waals surface area (Å²) in [4.78, 5) is 23.1. The SMILES string of the molecule is Cn1c(COc2ccccc2[N+](=O)[O-])c(Br)c(=O)n1-c1ccccc1. The minimum Gasteiger partial charge on any atom is -0.480 e. The lowest BCUT2D eigenvalue weighted by molar-refractivity contribution is -0.385. The molecule has 0 aliphatic rings. The van der Waals surface area contributed by atoms with E-state index in [-0.39, 0.29) is 23.6 Å². The molecular weight excluding hydrogens is 390 g/mol. The Hall–Kier alpha value is -2.87. The Balaban J connectivity index is 1.95. The van der Waals surface area contributed by atoms with Gasteiger partial charge >= 0.3 is 5.69 Å². The summed E-state index contributed by atoms with van der Waals surface area (Å²) in [7, 11) is 1.73. The maximum atomic E-state index is 12.5. The molecule has 8 heteroatoms. The summed E-state index contributed by atoms with van der Waals surface area (Å²) in [6.07, 6.45) is 0. The van der Waals surface area contributed by atoms with Gasteiger partial charge in [0, 0.05) is 13.1 Å². The van der Waals surface area contributed by atoms with Gasteiger partial charge in [0.25, 0.3) is 5.56 Å². The number of para-hydroxylation sites is 3. The fraction of sp³-hybridized carbons (Fsp3) is 0.118. The van der Waals surface area contributed by atoms with Crippen LogP contribution >= 0.6 is 15.9 Å². The molecule has 0 N–H and O–H groups in total. The van der Waals surface area contributed by atoms with Crippen LogP contribution in [0.15, 0.2) is 63.9 Å². The van der Waals surface area contributed by atoms with Crippen molar-refractivity contribution in [2.45, 2.75) is 6.61 Å². The zero-order valence-corrected chi connectivity index (χ0v) is 14.8. The molecule has 0 amide bonds. The first-order valence-electron chi connectivity index (χ1n) is 7.38.